The average molecular weight is 729 g/mol. The number of nitrogens with zero attached hydrogens (tertiary/aromatic N) is 1. The fourth-order valence-corrected chi connectivity index (χ4v) is 5.76. The molecule has 0 fully saturated rings. The molecule has 1 unspecified atom stereocenters. The molecule has 0 spiro atoms. The number of esters is 2. The number of phosphoric ester groups is 1. The number of ether oxygens (including phenoxy) is 2. The molecule has 9 nitrogen and oxygen atoms in total. The van der Waals surface area contributed by atoms with Crippen molar-refractivity contribution in [2.45, 2.75) is 161 Å². The van der Waals surface area contributed by atoms with Crippen LogP contribution in [0, 0.1) is 0 Å². The summed E-state index contributed by atoms with van der Waals surface area (Å²) in [7, 11) is 1.46. The number of allylic oxidation sites excluding steroid dienone is 6. The average Bonchev–Trinajstić information content (AvgIpc) is 3.06. The van der Waals surface area contributed by atoms with E-state index in [1.54, 1.807) is 0 Å². The SMILES string of the molecule is CCCCC/C=C/C/C=C/C/C=C/CCCCCCC(=O)OC[C@@H](COP(=O)(O)OCC[N+](C)(C)C)OC(=O)CCCCCCCCCCC. The van der Waals surface area contributed by atoms with E-state index in [1.807, 2.05) is 21.1 Å². The van der Waals surface area contributed by atoms with Crippen LogP contribution in [0.3, 0.4) is 0 Å². The van der Waals surface area contributed by atoms with Crippen molar-refractivity contribution in [3.05, 3.63) is 36.5 Å². The Bertz CT molecular complexity index is 959. The molecule has 1 N–H and O–H groups in total. The number of rotatable bonds is 35. The van der Waals surface area contributed by atoms with E-state index >= 15 is 0 Å². The minimum absolute atomic E-state index is 0.0281. The van der Waals surface area contributed by atoms with Crippen LogP contribution < -0.4 is 0 Å². The molecule has 0 heterocycles. The minimum atomic E-state index is -4.37. The summed E-state index contributed by atoms with van der Waals surface area (Å²) in [5.41, 5.74) is 0. The monoisotopic (exact) mass is 729 g/mol. The molecule has 0 aliphatic rings. The van der Waals surface area contributed by atoms with Crippen molar-refractivity contribution in [1.29, 1.82) is 0 Å². The van der Waals surface area contributed by atoms with Gasteiger partial charge in [0.25, 0.3) is 0 Å². The first-order chi connectivity index (χ1) is 24.0. The fourth-order valence-electron chi connectivity index (χ4n) is 5.02. The summed E-state index contributed by atoms with van der Waals surface area (Å²) in [5, 5.41) is 0. The van der Waals surface area contributed by atoms with Gasteiger partial charge in [-0.1, -0.05) is 127 Å². The predicted molar refractivity (Wildman–Crippen MR) is 206 cm³/mol. The molecule has 0 aromatic carbocycles. The Morgan fingerprint density at radius 3 is 1.64 bits per heavy atom. The molecule has 0 saturated carbocycles. The van der Waals surface area contributed by atoms with Gasteiger partial charge in [0.2, 0.25) is 0 Å². The first-order valence-electron chi connectivity index (χ1n) is 19.7. The van der Waals surface area contributed by atoms with Crippen LogP contribution in [0.25, 0.3) is 0 Å². The van der Waals surface area contributed by atoms with Crippen LogP contribution >= 0.6 is 7.82 Å². The van der Waals surface area contributed by atoms with Gasteiger partial charge in [0, 0.05) is 12.8 Å². The second kappa shape index (κ2) is 33.1. The van der Waals surface area contributed by atoms with Crippen molar-refractivity contribution >= 4 is 19.8 Å². The van der Waals surface area contributed by atoms with Gasteiger partial charge < -0.3 is 18.9 Å². The molecule has 0 aromatic rings. The van der Waals surface area contributed by atoms with Crippen molar-refractivity contribution in [2.24, 2.45) is 0 Å². The smallest absolute Gasteiger partial charge is 0.462 e. The van der Waals surface area contributed by atoms with Gasteiger partial charge in [-0.3, -0.25) is 18.6 Å². The maximum absolute atomic E-state index is 12.6. The van der Waals surface area contributed by atoms with E-state index in [0.717, 1.165) is 57.8 Å². The highest BCUT2D eigenvalue weighted by Gasteiger charge is 2.27. The predicted octanol–water partition coefficient (Wildman–Crippen LogP) is 10.6. The molecule has 0 aromatic heterocycles. The van der Waals surface area contributed by atoms with Crippen molar-refractivity contribution in [3.63, 3.8) is 0 Å². The first kappa shape index (κ1) is 48.2. The third kappa shape index (κ3) is 36.0. The Balaban J connectivity index is 4.41. The van der Waals surface area contributed by atoms with Crippen molar-refractivity contribution < 1.29 is 42.1 Å². The van der Waals surface area contributed by atoms with Crippen LogP contribution in [-0.4, -0.2) is 74.9 Å². The summed E-state index contributed by atoms with van der Waals surface area (Å²) in [5.74, 6) is -0.828. The highest BCUT2D eigenvalue weighted by Crippen LogP contribution is 2.43. The van der Waals surface area contributed by atoms with Crippen molar-refractivity contribution in [1.82, 2.24) is 0 Å². The molecule has 2 atom stereocenters. The number of phosphoric acid groups is 1. The number of carbonyl (C=O) groups excluding carboxylic acids is 2. The molecule has 292 valence electrons. The van der Waals surface area contributed by atoms with E-state index in [0.29, 0.717) is 23.9 Å². The normalized spacial score (nSPS) is 14.1. The van der Waals surface area contributed by atoms with E-state index in [-0.39, 0.29) is 32.0 Å². The van der Waals surface area contributed by atoms with Crippen LogP contribution in [0.15, 0.2) is 36.5 Å². The lowest BCUT2D eigenvalue weighted by Crippen LogP contribution is -2.37. The number of hydrogen-bond acceptors (Lipinski definition) is 7. The zero-order chi connectivity index (χ0) is 37.2. The first-order valence-corrected chi connectivity index (χ1v) is 21.2. The standard InChI is InChI=1S/C40H74NO8P/c1-6-8-10-12-14-16-17-18-19-20-21-22-23-25-26-28-30-32-39(42)46-36-38(37-48-50(44,45)47-35-34-41(3,4)5)49-40(43)33-31-29-27-24-15-13-11-9-7-2/h14,16,18-19,21-22,38H,6-13,15,17,20,23-37H2,1-5H3/p+1/b16-14+,19-18+,22-21+/t38-/m0/s1. The van der Waals surface area contributed by atoms with Gasteiger partial charge in [0.1, 0.15) is 19.8 Å². The van der Waals surface area contributed by atoms with Gasteiger partial charge in [-0.2, -0.15) is 0 Å². The molecule has 0 bridgehead atoms. The molecule has 0 aliphatic carbocycles. The van der Waals surface area contributed by atoms with Crippen LogP contribution in [0.1, 0.15) is 155 Å². The van der Waals surface area contributed by atoms with E-state index < -0.39 is 26.5 Å². The Morgan fingerprint density at radius 1 is 0.620 bits per heavy atom. The number of likely N-dealkylation sites (N-methyl/N-ethyl adjacent to an activating group) is 1. The summed E-state index contributed by atoms with van der Waals surface area (Å²) in [4.78, 5) is 35.1. The lowest BCUT2D eigenvalue weighted by atomic mass is 10.1. The number of quaternary nitrogens is 1. The van der Waals surface area contributed by atoms with E-state index in [9.17, 15) is 19.0 Å². The maximum atomic E-state index is 12.6. The maximum Gasteiger partial charge on any atom is 0.472 e. The molecule has 0 amide bonds. The molecule has 50 heavy (non-hydrogen) atoms. The third-order valence-corrected chi connectivity index (χ3v) is 9.16. The van der Waals surface area contributed by atoms with Crippen LogP contribution in [0.4, 0.5) is 0 Å². The largest absolute Gasteiger partial charge is 0.472 e. The highest BCUT2D eigenvalue weighted by atomic mass is 31.2. The van der Waals surface area contributed by atoms with Gasteiger partial charge in [0.15, 0.2) is 6.10 Å². The quantitative estimate of drug-likeness (QED) is 0.0226. The van der Waals surface area contributed by atoms with E-state index in [4.69, 9.17) is 18.5 Å². The number of unbranched alkanes of at least 4 members (excludes halogenated alkanes) is 15. The summed E-state index contributed by atoms with van der Waals surface area (Å²) >= 11 is 0. The van der Waals surface area contributed by atoms with Gasteiger partial charge in [-0.15, -0.1) is 0 Å². The van der Waals surface area contributed by atoms with Crippen molar-refractivity contribution in [2.75, 3.05) is 47.5 Å². The molecule has 0 radical (unpaired) electrons. The van der Waals surface area contributed by atoms with Crippen LogP contribution in [0.2, 0.25) is 0 Å². The zero-order valence-corrected chi connectivity index (χ0v) is 33.5. The summed E-state index contributed by atoms with van der Waals surface area (Å²) in [6, 6.07) is 0. The lowest BCUT2D eigenvalue weighted by molar-refractivity contribution is -0.870. The third-order valence-electron chi connectivity index (χ3n) is 8.17. The molecular formula is C40H75NO8P+. The summed E-state index contributed by atoms with van der Waals surface area (Å²) in [6.45, 7) is 4.33. The van der Waals surface area contributed by atoms with E-state index in [2.05, 4.69) is 50.3 Å². The molecule has 10 heteroatoms. The topological polar surface area (TPSA) is 108 Å². The minimum Gasteiger partial charge on any atom is -0.462 e. The van der Waals surface area contributed by atoms with Gasteiger partial charge in [-0.25, -0.2) is 4.57 Å². The molecular weight excluding hydrogens is 653 g/mol. The molecule has 0 rings (SSSR count). The van der Waals surface area contributed by atoms with Crippen LogP contribution in [-0.2, 0) is 32.7 Å². The Labute approximate surface area is 306 Å². The van der Waals surface area contributed by atoms with Gasteiger partial charge in [-0.05, 0) is 51.4 Å². The Morgan fingerprint density at radius 2 is 1.08 bits per heavy atom. The second-order valence-corrected chi connectivity index (χ2v) is 15.8. The van der Waals surface area contributed by atoms with E-state index in [1.165, 1.54) is 57.8 Å². The number of hydrogen-bond donors (Lipinski definition) is 1. The fraction of sp³-hybridized carbons (Fsp3) is 0.800. The van der Waals surface area contributed by atoms with Crippen molar-refractivity contribution in [3.8, 4) is 0 Å². The van der Waals surface area contributed by atoms with Gasteiger partial charge in [0.05, 0.1) is 27.7 Å². The zero-order valence-electron chi connectivity index (χ0n) is 32.6. The molecule has 0 saturated heterocycles. The highest BCUT2D eigenvalue weighted by molar-refractivity contribution is 7.47. The second-order valence-electron chi connectivity index (χ2n) is 14.3. The molecule has 0 aliphatic heterocycles. The van der Waals surface area contributed by atoms with Crippen LogP contribution in [0.5, 0.6) is 0 Å². The number of carbonyl (C=O) groups is 2. The van der Waals surface area contributed by atoms with Gasteiger partial charge >= 0.3 is 19.8 Å². The summed E-state index contributed by atoms with van der Waals surface area (Å²) in [6.07, 6.45) is 34.8. The Hall–Kier alpha value is -1.77. The Kier molecular flexibility index (Phi) is 31.9. The lowest BCUT2D eigenvalue weighted by Gasteiger charge is -2.24. The summed E-state index contributed by atoms with van der Waals surface area (Å²) < 4.78 is 34.1.